The average Bonchev–Trinajstić information content (AvgIpc) is 2.48. The van der Waals surface area contributed by atoms with E-state index in [9.17, 15) is 8.78 Å². The molecule has 0 aliphatic heterocycles. The Bertz CT molecular complexity index is 633. The number of ether oxygens (including phenoxy) is 2. The molecule has 0 saturated carbocycles. The zero-order chi connectivity index (χ0) is 15.2. The predicted molar refractivity (Wildman–Crippen MR) is 69.9 cm³/mol. The van der Waals surface area contributed by atoms with Gasteiger partial charge in [0.1, 0.15) is 11.5 Å². The highest BCUT2D eigenvalue weighted by molar-refractivity contribution is 5.97. The molecule has 2 rings (SSSR count). The number of benzene rings is 1. The maximum atomic E-state index is 12.0. The van der Waals surface area contributed by atoms with E-state index in [1.165, 1.54) is 12.1 Å². The first-order valence-electron chi connectivity index (χ1n) is 5.75. The van der Waals surface area contributed by atoms with Crippen molar-refractivity contribution in [2.45, 2.75) is 6.61 Å². The van der Waals surface area contributed by atoms with Crippen molar-refractivity contribution in [2.75, 3.05) is 0 Å². The van der Waals surface area contributed by atoms with Gasteiger partial charge in [-0.05, 0) is 18.2 Å². The number of halogens is 2. The number of nitrogens with two attached hydrogens (primary N) is 1. The lowest BCUT2D eigenvalue weighted by Crippen LogP contribution is -2.12. The first kappa shape index (κ1) is 14.5. The molecule has 0 aliphatic carbocycles. The van der Waals surface area contributed by atoms with Gasteiger partial charge in [-0.15, -0.1) is 0 Å². The molecule has 8 heteroatoms. The van der Waals surface area contributed by atoms with Gasteiger partial charge >= 0.3 is 6.61 Å². The maximum absolute atomic E-state index is 12.0. The quantitative estimate of drug-likeness (QED) is 0.383. The van der Waals surface area contributed by atoms with Crippen LogP contribution in [0.15, 0.2) is 47.8 Å². The molecular formula is C13H11F2N3O3. The topological polar surface area (TPSA) is 90.0 Å². The fourth-order valence-electron chi connectivity index (χ4n) is 1.50. The van der Waals surface area contributed by atoms with Crippen LogP contribution in [0.2, 0.25) is 0 Å². The Kier molecular flexibility index (Phi) is 4.50. The summed E-state index contributed by atoms with van der Waals surface area (Å²) in [6.07, 6.45) is 1.12. The first-order chi connectivity index (χ1) is 10.1. The van der Waals surface area contributed by atoms with Crippen molar-refractivity contribution < 1.29 is 23.5 Å². The highest BCUT2D eigenvalue weighted by atomic mass is 19.3. The van der Waals surface area contributed by atoms with E-state index in [-0.39, 0.29) is 17.5 Å². The molecule has 3 N–H and O–H groups in total. The van der Waals surface area contributed by atoms with Gasteiger partial charge < -0.3 is 20.4 Å². The third kappa shape index (κ3) is 4.03. The zero-order valence-corrected chi connectivity index (χ0v) is 10.6. The summed E-state index contributed by atoms with van der Waals surface area (Å²) in [5.41, 5.74) is 5.93. The van der Waals surface area contributed by atoms with E-state index in [2.05, 4.69) is 14.9 Å². The lowest BCUT2D eigenvalue weighted by molar-refractivity contribution is -0.0501. The molecule has 0 atom stereocenters. The van der Waals surface area contributed by atoms with Crippen molar-refractivity contribution in [2.24, 2.45) is 10.9 Å². The van der Waals surface area contributed by atoms with E-state index in [1.54, 1.807) is 24.3 Å². The third-order valence-electron chi connectivity index (χ3n) is 2.39. The molecule has 0 aliphatic rings. The van der Waals surface area contributed by atoms with Crippen molar-refractivity contribution in [3.8, 4) is 17.4 Å². The number of amidine groups is 1. The normalized spacial score (nSPS) is 11.5. The number of rotatable bonds is 5. The van der Waals surface area contributed by atoms with Crippen LogP contribution >= 0.6 is 0 Å². The minimum absolute atomic E-state index is 0.0610. The largest absolute Gasteiger partial charge is 0.439 e. The SMILES string of the molecule is N/C(=N\O)c1cccc(Oc2ccc(OC(F)F)cn2)c1. The Balaban J connectivity index is 2.11. The molecule has 6 nitrogen and oxygen atoms in total. The van der Waals surface area contributed by atoms with E-state index < -0.39 is 6.61 Å². The van der Waals surface area contributed by atoms with Gasteiger partial charge in [-0.2, -0.15) is 8.78 Å². The van der Waals surface area contributed by atoms with Crippen LogP contribution < -0.4 is 15.2 Å². The molecule has 0 amide bonds. The second kappa shape index (κ2) is 6.51. The Hall–Kier alpha value is -2.90. The monoisotopic (exact) mass is 295 g/mol. The standard InChI is InChI=1S/C13H11F2N3O3/c14-13(15)21-10-4-5-11(17-7-10)20-9-3-1-2-8(6-9)12(16)18-19/h1-7,13,19H,(H2,16,18). The summed E-state index contributed by atoms with van der Waals surface area (Å²) in [6, 6.07) is 9.15. The molecule has 1 aromatic carbocycles. The predicted octanol–water partition coefficient (Wildman–Crippen LogP) is 2.57. The second-order valence-electron chi connectivity index (χ2n) is 3.83. The minimum atomic E-state index is -2.91. The summed E-state index contributed by atoms with van der Waals surface area (Å²) in [5, 5.41) is 11.5. The van der Waals surface area contributed by atoms with Gasteiger partial charge in [-0.25, -0.2) is 4.98 Å². The van der Waals surface area contributed by atoms with Gasteiger partial charge in [-0.3, -0.25) is 0 Å². The van der Waals surface area contributed by atoms with Crippen molar-refractivity contribution >= 4 is 5.84 Å². The number of oxime groups is 1. The molecule has 2 aromatic rings. The minimum Gasteiger partial charge on any atom is -0.439 e. The molecule has 1 aromatic heterocycles. The summed E-state index contributed by atoms with van der Waals surface area (Å²) in [4.78, 5) is 3.83. The zero-order valence-electron chi connectivity index (χ0n) is 10.6. The second-order valence-corrected chi connectivity index (χ2v) is 3.83. The van der Waals surface area contributed by atoms with E-state index in [0.29, 0.717) is 11.3 Å². The molecule has 0 unspecified atom stereocenters. The molecule has 0 spiro atoms. The third-order valence-corrected chi connectivity index (χ3v) is 2.39. The van der Waals surface area contributed by atoms with E-state index in [1.807, 2.05) is 0 Å². The van der Waals surface area contributed by atoms with Gasteiger partial charge in [0.05, 0.1) is 6.20 Å². The lowest BCUT2D eigenvalue weighted by Gasteiger charge is -2.07. The van der Waals surface area contributed by atoms with Gasteiger partial charge in [0.2, 0.25) is 5.88 Å². The van der Waals surface area contributed by atoms with Crippen LogP contribution in [0, 0.1) is 0 Å². The molecule has 1 heterocycles. The van der Waals surface area contributed by atoms with Crippen molar-refractivity contribution in [1.29, 1.82) is 0 Å². The van der Waals surface area contributed by atoms with Crippen molar-refractivity contribution in [3.05, 3.63) is 48.2 Å². The van der Waals surface area contributed by atoms with Crippen LogP contribution in [0.4, 0.5) is 8.78 Å². The Morgan fingerprint density at radius 2 is 2.05 bits per heavy atom. The molecular weight excluding hydrogens is 284 g/mol. The van der Waals surface area contributed by atoms with E-state index >= 15 is 0 Å². The fraction of sp³-hybridized carbons (Fsp3) is 0.0769. The number of aromatic nitrogens is 1. The molecule has 21 heavy (non-hydrogen) atoms. The lowest BCUT2D eigenvalue weighted by atomic mass is 10.2. The van der Waals surface area contributed by atoms with E-state index in [0.717, 1.165) is 6.20 Å². The van der Waals surface area contributed by atoms with Crippen LogP contribution in [0.5, 0.6) is 17.4 Å². The van der Waals surface area contributed by atoms with Gasteiger partial charge in [-0.1, -0.05) is 17.3 Å². The number of hydrogen-bond donors (Lipinski definition) is 2. The smallest absolute Gasteiger partial charge is 0.387 e. The maximum Gasteiger partial charge on any atom is 0.387 e. The van der Waals surface area contributed by atoms with Gasteiger partial charge in [0.15, 0.2) is 5.84 Å². The molecule has 0 bridgehead atoms. The Labute approximate surface area is 118 Å². The summed E-state index contributed by atoms with van der Waals surface area (Å²) in [6.45, 7) is -2.91. The molecule has 0 radical (unpaired) electrons. The van der Waals surface area contributed by atoms with Crippen molar-refractivity contribution in [3.63, 3.8) is 0 Å². The summed E-state index contributed by atoms with van der Waals surface area (Å²) in [5.74, 6) is 0.458. The first-order valence-corrected chi connectivity index (χ1v) is 5.75. The van der Waals surface area contributed by atoms with Crippen molar-refractivity contribution in [1.82, 2.24) is 4.98 Å². The number of hydrogen-bond acceptors (Lipinski definition) is 5. The van der Waals surface area contributed by atoms with Gasteiger partial charge in [0.25, 0.3) is 0 Å². The van der Waals surface area contributed by atoms with E-state index in [4.69, 9.17) is 15.7 Å². The Morgan fingerprint density at radius 3 is 2.67 bits per heavy atom. The van der Waals surface area contributed by atoms with Crippen LogP contribution in [0.1, 0.15) is 5.56 Å². The summed E-state index contributed by atoms with van der Waals surface area (Å²) >= 11 is 0. The van der Waals surface area contributed by atoms with Crippen LogP contribution in [-0.4, -0.2) is 22.6 Å². The summed E-state index contributed by atoms with van der Waals surface area (Å²) < 4.78 is 33.6. The van der Waals surface area contributed by atoms with Crippen LogP contribution in [0.3, 0.4) is 0 Å². The highest BCUT2D eigenvalue weighted by Gasteiger charge is 2.06. The van der Waals surface area contributed by atoms with Gasteiger partial charge in [0, 0.05) is 11.6 Å². The molecule has 0 saturated heterocycles. The van der Waals surface area contributed by atoms with Crippen LogP contribution in [-0.2, 0) is 0 Å². The molecule has 0 fully saturated rings. The van der Waals surface area contributed by atoms with Crippen LogP contribution in [0.25, 0.3) is 0 Å². The fourth-order valence-corrected chi connectivity index (χ4v) is 1.50. The molecule has 110 valence electrons. The number of nitrogens with zero attached hydrogens (tertiary/aromatic N) is 2. The summed E-state index contributed by atoms with van der Waals surface area (Å²) in [7, 11) is 0. The number of pyridine rings is 1. The Morgan fingerprint density at radius 1 is 1.24 bits per heavy atom. The highest BCUT2D eigenvalue weighted by Crippen LogP contribution is 2.22. The number of alkyl halides is 2. The average molecular weight is 295 g/mol.